The molecule has 0 atom stereocenters. The third-order valence-electron chi connectivity index (χ3n) is 2.01. The number of carbonyl (C=O) groups is 1. The molecule has 0 saturated carbocycles. The highest BCUT2D eigenvalue weighted by atomic mass is 16.5. The molecule has 0 aromatic carbocycles. The zero-order chi connectivity index (χ0) is 11.5. The van der Waals surface area contributed by atoms with Gasteiger partial charge in [0.15, 0.2) is 0 Å². The van der Waals surface area contributed by atoms with Gasteiger partial charge in [-0.25, -0.2) is 4.79 Å². The summed E-state index contributed by atoms with van der Waals surface area (Å²) in [5, 5.41) is 8.50. The van der Waals surface area contributed by atoms with E-state index in [0.717, 1.165) is 18.9 Å². The molecule has 0 bridgehead atoms. The summed E-state index contributed by atoms with van der Waals surface area (Å²) in [6.07, 6.45) is 10.6. The van der Waals surface area contributed by atoms with Crippen molar-refractivity contribution in [3.05, 3.63) is 24.0 Å². The van der Waals surface area contributed by atoms with E-state index >= 15 is 0 Å². The van der Waals surface area contributed by atoms with E-state index in [1.54, 1.807) is 6.08 Å². The third kappa shape index (κ3) is 9.06. The highest BCUT2D eigenvalue weighted by molar-refractivity contribution is 5.80. The maximum Gasteiger partial charge on any atom is 0.332 e. The van der Waals surface area contributed by atoms with Gasteiger partial charge in [0.2, 0.25) is 0 Å². The number of aliphatic carboxylic acids is 1. The van der Waals surface area contributed by atoms with Gasteiger partial charge in [0.05, 0.1) is 13.2 Å². The Labute approximate surface area is 91.4 Å². The molecule has 0 amide bonds. The van der Waals surface area contributed by atoms with Gasteiger partial charge in [-0.05, 0) is 18.9 Å². The molecule has 0 rings (SSSR count). The summed E-state index contributed by atoms with van der Waals surface area (Å²) in [4.78, 5) is 10.4. The fourth-order valence-electron chi connectivity index (χ4n) is 1.19. The van der Waals surface area contributed by atoms with Gasteiger partial charge >= 0.3 is 5.97 Å². The summed E-state index contributed by atoms with van der Waals surface area (Å²) in [5.74, 6) is -0.597. The average molecular weight is 212 g/mol. The van der Waals surface area contributed by atoms with Crippen LogP contribution in [-0.4, -0.2) is 18.2 Å². The van der Waals surface area contributed by atoms with Crippen LogP contribution in [0.2, 0.25) is 0 Å². The summed E-state index contributed by atoms with van der Waals surface area (Å²) in [6.45, 7) is 2.18. The first-order valence-electron chi connectivity index (χ1n) is 5.35. The van der Waals surface area contributed by atoms with E-state index in [1.165, 1.54) is 26.4 Å². The molecular formula is C12H20O3. The minimum absolute atomic E-state index is 0.387. The van der Waals surface area contributed by atoms with E-state index in [2.05, 4.69) is 6.92 Å². The normalized spacial score (nSPS) is 12.0. The fourth-order valence-corrected chi connectivity index (χ4v) is 1.19. The molecule has 0 heterocycles. The fraction of sp³-hybridized carbons (Fsp3) is 0.583. The van der Waals surface area contributed by atoms with Crippen molar-refractivity contribution in [3.8, 4) is 0 Å². The van der Waals surface area contributed by atoms with Gasteiger partial charge in [0.1, 0.15) is 5.76 Å². The predicted octanol–water partition coefficient (Wildman–Crippen LogP) is 3.13. The Hall–Kier alpha value is -1.25. The largest absolute Gasteiger partial charge is 0.497 e. The van der Waals surface area contributed by atoms with Crippen LogP contribution >= 0.6 is 0 Å². The number of hydrogen-bond acceptors (Lipinski definition) is 2. The SMILES string of the molecule is CCCCCC/C=C/C(=CC(=O)O)OC. The number of methoxy groups -OCH3 is 1. The van der Waals surface area contributed by atoms with Crippen molar-refractivity contribution in [2.75, 3.05) is 7.11 Å². The van der Waals surface area contributed by atoms with Crippen LogP contribution < -0.4 is 0 Å². The molecule has 0 aliphatic carbocycles. The lowest BCUT2D eigenvalue weighted by atomic mass is 10.1. The Morgan fingerprint density at radius 3 is 2.60 bits per heavy atom. The monoisotopic (exact) mass is 212 g/mol. The van der Waals surface area contributed by atoms with Crippen LogP contribution in [0.3, 0.4) is 0 Å². The first-order valence-corrected chi connectivity index (χ1v) is 5.35. The van der Waals surface area contributed by atoms with Gasteiger partial charge in [0, 0.05) is 0 Å². The quantitative estimate of drug-likeness (QED) is 0.291. The zero-order valence-electron chi connectivity index (χ0n) is 9.53. The Morgan fingerprint density at radius 2 is 2.07 bits per heavy atom. The standard InChI is InChI=1S/C12H20O3/c1-3-4-5-6-7-8-9-11(15-2)10-12(13)14/h8-10H,3-7H2,1-2H3,(H,13,14)/b9-8+,11-10?. The molecule has 0 aromatic rings. The van der Waals surface area contributed by atoms with Crippen molar-refractivity contribution in [2.24, 2.45) is 0 Å². The number of rotatable bonds is 8. The van der Waals surface area contributed by atoms with Gasteiger partial charge in [-0.15, -0.1) is 0 Å². The Morgan fingerprint density at radius 1 is 1.33 bits per heavy atom. The van der Waals surface area contributed by atoms with Gasteiger partial charge in [-0.1, -0.05) is 32.3 Å². The first-order chi connectivity index (χ1) is 7.20. The summed E-state index contributed by atoms with van der Waals surface area (Å²) < 4.78 is 4.88. The predicted molar refractivity (Wildman–Crippen MR) is 60.6 cm³/mol. The second-order valence-corrected chi connectivity index (χ2v) is 3.34. The number of unbranched alkanes of at least 4 members (excludes halogenated alkanes) is 4. The molecule has 0 spiro atoms. The van der Waals surface area contributed by atoms with Crippen LogP contribution in [0.4, 0.5) is 0 Å². The van der Waals surface area contributed by atoms with Crippen molar-refractivity contribution in [1.82, 2.24) is 0 Å². The van der Waals surface area contributed by atoms with Crippen LogP contribution in [0.25, 0.3) is 0 Å². The maximum absolute atomic E-state index is 10.4. The van der Waals surface area contributed by atoms with E-state index in [0.29, 0.717) is 5.76 Å². The molecule has 0 aliphatic rings. The van der Waals surface area contributed by atoms with Crippen molar-refractivity contribution in [1.29, 1.82) is 0 Å². The summed E-state index contributed by atoms with van der Waals surface area (Å²) >= 11 is 0. The van der Waals surface area contributed by atoms with Crippen LogP contribution in [0.1, 0.15) is 39.0 Å². The third-order valence-corrected chi connectivity index (χ3v) is 2.01. The molecule has 3 heteroatoms. The van der Waals surface area contributed by atoms with Crippen LogP contribution in [0.15, 0.2) is 24.0 Å². The molecule has 0 saturated heterocycles. The number of ether oxygens (including phenoxy) is 1. The smallest absolute Gasteiger partial charge is 0.332 e. The molecule has 0 unspecified atom stereocenters. The molecular weight excluding hydrogens is 192 g/mol. The van der Waals surface area contributed by atoms with E-state index in [9.17, 15) is 4.79 Å². The zero-order valence-corrected chi connectivity index (χ0v) is 9.53. The molecule has 0 aromatic heterocycles. The first kappa shape index (κ1) is 13.8. The maximum atomic E-state index is 10.4. The second kappa shape index (κ2) is 9.31. The van der Waals surface area contributed by atoms with Gasteiger partial charge in [0.25, 0.3) is 0 Å². The van der Waals surface area contributed by atoms with Gasteiger partial charge in [-0.3, -0.25) is 0 Å². The van der Waals surface area contributed by atoms with Crippen molar-refractivity contribution < 1.29 is 14.6 Å². The van der Waals surface area contributed by atoms with Crippen molar-refractivity contribution in [2.45, 2.75) is 39.0 Å². The van der Waals surface area contributed by atoms with E-state index < -0.39 is 5.97 Å². The average Bonchev–Trinajstić information content (AvgIpc) is 2.20. The number of hydrogen-bond donors (Lipinski definition) is 1. The van der Waals surface area contributed by atoms with E-state index in [4.69, 9.17) is 9.84 Å². The molecule has 3 nitrogen and oxygen atoms in total. The summed E-state index contributed by atoms with van der Waals surface area (Å²) in [6, 6.07) is 0. The van der Waals surface area contributed by atoms with Crippen LogP contribution in [0.5, 0.6) is 0 Å². The topological polar surface area (TPSA) is 46.5 Å². The lowest BCUT2D eigenvalue weighted by Crippen LogP contribution is -1.92. The Balaban J connectivity index is 3.77. The Kier molecular flexibility index (Phi) is 8.53. The molecule has 0 radical (unpaired) electrons. The highest BCUT2D eigenvalue weighted by Crippen LogP contribution is 2.05. The molecule has 0 aliphatic heterocycles. The second-order valence-electron chi connectivity index (χ2n) is 3.34. The molecule has 15 heavy (non-hydrogen) atoms. The van der Waals surface area contributed by atoms with Gasteiger partial charge < -0.3 is 9.84 Å². The van der Waals surface area contributed by atoms with Gasteiger partial charge in [-0.2, -0.15) is 0 Å². The summed E-state index contributed by atoms with van der Waals surface area (Å²) in [7, 11) is 1.47. The number of carboxylic acids is 1. The molecule has 0 fully saturated rings. The summed E-state index contributed by atoms with van der Waals surface area (Å²) in [5.41, 5.74) is 0. The van der Waals surface area contributed by atoms with Crippen molar-refractivity contribution >= 4 is 5.97 Å². The minimum Gasteiger partial charge on any atom is -0.497 e. The van der Waals surface area contributed by atoms with Crippen LogP contribution in [-0.2, 0) is 9.53 Å². The Bertz CT molecular complexity index is 229. The molecule has 1 N–H and O–H groups in total. The molecule has 86 valence electrons. The lowest BCUT2D eigenvalue weighted by Gasteiger charge is -1.98. The number of allylic oxidation sites excluding steroid dienone is 2. The minimum atomic E-state index is -0.984. The number of carboxylic acid groups (broad SMARTS) is 1. The highest BCUT2D eigenvalue weighted by Gasteiger charge is 1.94. The van der Waals surface area contributed by atoms with E-state index in [-0.39, 0.29) is 0 Å². The van der Waals surface area contributed by atoms with Crippen LogP contribution in [0, 0.1) is 0 Å². The van der Waals surface area contributed by atoms with Crippen molar-refractivity contribution in [3.63, 3.8) is 0 Å². The van der Waals surface area contributed by atoms with E-state index in [1.807, 2.05) is 6.08 Å². The lowest BCUT2D eigenvalue weighted by molar-refractivity contribution is -0.131.